The lowest BCUT2D eigenvalue weighted by Crippen LogP contribution is -2.51. The van der Waals surface area contributed by atoms with Crippen molar-refractivity contribution in [2.75, 3.05) is 19.3 Å². The van der Waals surface area contributed by atoms with Gasteiger partial charge in [-0.3, -0.25) is 0 Å². The van der Waals surface area contributed by atoms with Crippen LogP contribution in [0.1, 0.15) is 30.7 Å². The van der Waals surface area contributed by atoms with Crippen molar-refractivity contribution in [3.05, 3.63) is 21.3 Å². The van der Waals surface area contributed by atoms with E-state index in [9.17, 15) is 13.2 Å². The molecule has 0 radical (unpaired) electrons. The van der Waals surface area contributed by atoms with E-state index in [0.717, 1.165) is 17.7 Å². The van der Waals surface area contributed by atoms with Crippen LogP contribution < -0.4 is 10.6 Å². The molecule has 1 aliphatic heterocycles. The van der Waals surface area contributed by atoms with Gasteiger partial charge in [-0.05, 0) is 31.9 Å². The smallest absolute Gasteiger partial charge is 0.315 e. The second kappa shape index (κ2) is 7.16. The third-order valence-electron chi connectivity index (χ3n) is 3.56. The number of rotatable bonds is 4. The van der Waals surface area contributed by atoms with Crippen LogP contribution in [0.5, 0.6) is 0 Å². The summed E-state index contributed by atoms with van der Waals surface area (Å²) in [6.07, 6.45) is 2.71. The quantitative estimate of drug-likeness (QED) is 0.858. The summed E-state index contributed by atoms with van der Waals surface area (Å²) >= 11 is 7.31. The molecule has 6 nitrogen and oxygen atoms in total. The fourth-order valence-electron chi connectivity index (χ4n) is 2.42. The predicted octanol–water partition coefficient (Wildman–Crippen LogP) is 2.19. The minimum absolute atomic E-state index is 0.146. The predicted molar refractivity (Wildman–Crippen MR) is 88.9 cm³/mol. The molecule has 1 fully saturated rings. The monoisotopic (exact) mass is 365 g/mol. The Balaban J connectivity index is 1.86. The third kappa shape index (κ3) is 4.84. The Bertz CT molecular complexity index is 632. The van der Waals surface area contributed by atoms with Crippen molar-refractivity contribution in [2.45, 2.75) is 31.8 Å². The van der Waals surface area contributed by atoms with Crippen LogP contribution in [-0.4, -0.2) is 44.1 Å². The number of urea groups is 1. The Hall–Kier alpha value is -0.830. The number of halogens is 1. The number of carbonyl (C=O) groups excluding carboxylic acids is 1. The summed E-state index contributed by atoms with van der Waals surface area (Å²) in [7, 11) is -3.21. The topological polar surface area (TPSA) is 78.5 Å². The van der Waals surface area contributed by atoms with Gasteiger partial charge in [-0.2, -0.15) is 0 Å². The average molecular weight is 366 g/mol. The summed E-state index contributed by atoms with van der Waals surface area (Å²) in [5.74, 6) is 0. The first-order valence-corrected chi connectivity index (χ1v) is 10.1. The van der Waals surface area contributed by atoms with Crippen LogP contribution >= 0.6 is 22.9 Å². The first-order valence-electron chi connectivity index (χ1n) is 7.03. The maximum absolute atomic E-state index is 12.0. The van der Waals surface area contributed by atoms with Gasteiger partial charge in [0.2, 0.25) is 10.0 Å². The van der Waals surface area contributed by atoms with Crippen LogP contribution in [0.4, 0.5) is 4.79 Å². The molecule has 0 aromatic carbocycles. The van der Waals surface area contributed by atoms with E-state index in [4.69, 9.17) is 11.6 Å². The number of piperidine rings is 1. The largest absolute Gasteiger partial charge is 0.334 e. The molecule has 0 spiro atoms. The highest BCUT2D eigenvalue weighted by Crippen LogP contribution is 2.26. The van der Waals surface area contributed by atoms with Crippen molar-refractivity contribution < 1.29 is 13.2 Å². The summed E-state index contributed by atoms with van der Waals surface area (Å²) in [5, 5.41) is 5.69. The van der Waals surface area contributed by atoms with Crippen LogP contribution in [0, 0.1) is 0 Å². The van der Waals surface area contributed by atoms with Crippen LogP contribution in [0.3, 0.4) is 0 Å². The lowest BCUT2D eigenvalue weighted by Gasteiger charge is -2.31. The van der Waals surface area contributed by atoms with Gasteiger partial charge >= 0.3 is 6.03 Å². The molecule has 2 rings (SSSR count). The van der Waals surface area contributed by atoms with E-state index in [1.54, 1.807) is 6.07 Å². The Morgan fingerprint density at radius 2 is 2.23 bits per heavy atom. The number of amides is 2. The standard InChI is InChI=1S/C13H20ClN3O3S2/c1-9(11-5-6-12(14)21-11)15-13(18)16-10-4-3-7-17(8-10)22(2,19)20/h5-6,9-10H,3-4,7-8H2,1-2H3,(H2,15,16,18). The van der Waals surface area contributed by atoms with Gasteiger partial charge in [-0.25, -0.2) is 17.5 Å². The van der Waals surface area contributed by atoms with Gasteiger partial charge in [0.05, 0.1) is 16.6 Å². The number of carbonyl (C=O) groups is 1. The van der Waals surface area contributed by atoms with Gasteiger partial charge in [-0.15, -0.1) is 11.3 Å². The van der Waals surface area contributed by atoms with E-state index in [0.29, 0.717) is 17.4 Å². The molecule has 22 heavy (non-hydrogen) atoms. The molecule has 2 heterocycles. The highest BCUT2D eigenvalue weighted by molar-refractivity contribution is 7.88. The number of thiophene rings is 1. The second-order valence-electron chi connectivity index (χ2n) is 5.44. The number of sulfonamides is 1. The average Bonchev–Trinajstić information content (AvgIpc) is 2.84. The maximum atomic E-state index is 12.0. The minimum atomic E-state index is -3.21. The summed E-state index contributed by atoms with van der Waals surface area (Å²) in [4.78, 5) is 13.0. The van der Waals surface area contributed by atoms with Crippen molar-refractivity contribution >= 4 is 39.0 Å². The molecule has 2 N–H and O–H groups in total. The molecular weight excluding hydrogens is 346 g/mol. The second-order valence-corrected chi connectivity index (χ2v) is 9.17. The lowest BCUT2D eigenvalue weighted by atomic mass is 10.1. The molecule has 2 atom stereocenters. The number of nitrogens with zero attached hydrogens (tertiary/aromatic N) is 1. The number of nitrogens with one attached hydrogen (secondary N) is 2. The molecule has 124 valence electrons. The summed E-state index contributed by atoms with van der Waals surface area (Å²) in [5.41, 5.74) is 0. The molecule has 1 aromatic rings. The molecule has 2 amide bonds. The van der Waals surface area contributed by atoms with Crippen molar-refractivity contribution in [2.24, 2.45) is 0 Å². The lowest BCUT2D eigenvalue weighted by molar-refractivity contribution is 0.223. The van der Waals surface area contributed by atoms with Gasteiger partial charge in [0.25, 0.3) is 0 Å². The normalized spacial score (nSPS) is 21.3. The molecule has 1 aliphatic rings. The van der Waals surface area contributed by atoms with Gasteiger partial charge in [0, 0.05) is 24.0 Å². The Kier molecular flexibility index (Phi) is 5.70. The first kappa shape index (κ1) is 17.5. The van der Waals surface area contributed by atoms with Crippen LogP contribution in [0.25, 0.3) is 0 Å². The number of hydrogen-bond donors (Lipinski definition) is 2. The maximum Gasteiger partial charge on any atom is 0.315 e. The SMILES string of the molecule is CC(NC(=O)NC1CCCN(S(C)(=O)=O)C1)c1ccc(Cl)s1. The summed E-state index contributed by atoms with van der Waals surface area (Å²) < 4.78 is 25.2. The fourth-order valence-corrected chi connectivity index (χ4v) is 4.39. The van der Waals surface area contributed by atoms with Gasteiger partial charge in [0.1, 0.15) is 0 Å². The molecule has 0 aliphatic carbocycles. The van der Waals surface area contributed by atoms with E-state index < -0.39 is 10.0 Å². The van der Waals surface area contributed by atoms with Gasteiger partial charge < -0.3 is 10.6 Å². The summed E-state index contributed by atoms with van der Waals surface area (Å²) in [6.45, 7) is 2.72. The van der Waals surface area contributed by atoms with Gasteiger partial charge in [-0.1, -0.05) is 11.6 Å². The Labute approximate surface area is 139 Å². The van der Waals surface area contributed by atoms with Crippen molar-refractivity contribution in [1.82, 2.24) is 14.9 Å². The fraction of sp³-hybridized carbons (Fsp3) is 0.615. The summed E-state index contributed by atoms with van der Waals surface area (Å²) in [6, 6.07) is 3.07. The molecule has 9 heteroatoms. The zero-order chi connectivity index (χ0) is 16.3. The van der Waals surface area contributed by atoms with Crippen LogP contribution in [-0.2, 0) is 10.0 Å². The zero-order valence-electron chi connectivity index (χ0n) is 12.5. The van der Waals surface area contributed by atoms with Crippen LogP contribution in [0.15, 0.2) is 12.1 Å². The van der Waals surface area contributed by atoms with E-state index >= 15 is 0 Å². The van der Waals surface area contributed by atoms with Crippen LogP contribution in [0.2, 0.25) is 4.34 Å². The molecule has 1 aromatic heterocycles. The highest BCUT2D eigenvalue weighted by Gasteiger charge is 2.27. The van der Waals surface area contributed by atoms with Crippen molar-refractivity contribution in [1.29, 1.82) is 0 Å². The molecular formula is C13H20ClN3O3S2. The molecule has 1 saturated heterocycles. The third-order valence-corrected chi connectivity index (χ3v) is 6.24. The van der Waals surface area contributed by atoms with E-state index in [1.165, 1.54) is 21.9 Å². The molecule has 2 unspecified atom stereocenters. The van der Waals surface area contributed by atoms with Gasteiger partial charge in [0.15, 0.2) is 0 Å². The Morgan fingerprint density at radius 3 is 2.82 bits per heavy atom. The minimum Gasteiger partial charge on any atom is -0.334 e. The molecule has 0 bridgehead atoms. The molecule has 0 saturated carbocycles. The zero-order valence-corrected chi connectivity index (χ0v) is 14.9. The highest BCUT2D eigenvalue weighted by atomic mass is 35.5. The van der Waals surface area contributed by atoms with E-state index in [2.05, 4.69) is 10.6 Å². The Morgan fingerprint density at radius 1 is 1.50 bits per heavy atom. The van der Waals surface area contributed by atoms with E-state index in [-0.39, 0.29) is 18.1 Å². The first-order chi connectivity index (χ1) is 10.3. The van der Waals surface area contributed by atoms with E-state index in [1.807, 2.05) is 13.0 Å². The van der Waals surface area contributed by atoms with Crippen molar-refractivity contribution in [3.8, 4) is 0 Å². The number of hydrogen-bond acceptors (Lipinski definition) is 4. The van der Waals surface area contributed by atoms with Crippen molar-refractivity contribution in [3.63, 3.8) is 0 Å².